The van der Waals surface area contributed by atoms with Crippen molar-refractivity contribution in [3.8, 4) is 22.9 Å². The van der Waals surface area contributed by atoms with Gasteiger partial charge in [0.15, 0.2) is 0 Å². The van der Waals surface area contributed by atoms with Crippen LogP contribution in [0.4, 0.5) is 14.4 Å². The van der Waals surface area contributed by atoms with Crippen molar-refractivity contribution >= 4 is 42.0 Å². The Hall–Kier alpha value is -9.23. The number of aromatic nitrogens is 4. The van der Waals surface area contributed by atoms with Crippen molar-refractivity contribution in [1.82, 2.24) is 52.6 Å². The molecule has 4 aliphatic carbocycles. The molecular formula is C63H82N12O13. The molecular weight excluding hydrogens is 1130 g/mol. The molecule has 88 heavy (non-hydrogen) atoms. The third kappa shape index (κ3) is 22.9. The zero-order chi connectivity index (χ0) is 64.2. The zero-order valence-corrected chi connectivity index (χ0v) is 51.1. The number of alkyl carbamates (subject to hydrolysis) is 3. The highest BCUT2D eigenvalue weighted by Gasteiger charge is 2.39. The summed E-state index contributed by atoms with van der Waals surface area (Å²) in [6.07, 6.45) is 4.18. The standard InChI is InChI=1S/C17H23N3O4.C17H21N3O3.C12H13N3O.C10H17NO4.C7H8N2O/c1-17(2,3)24-16(23)18-13-9-12(10-13)15(22)20-19-14(21)11-7-5-4-6-8-11;1-17(2,3)23-16(21)18-13-9-12(10-13)15-20-19-14(22-15)11-7-5-4-6-8-11;13-10-6-9(7-10)12-15-14-11(16-12)8-4-2-1-3-5-8;1-10(2,3)15-9(14)11-7-4-6(5-7)8(12)13;8-9-7(10)6-4-2-1-3-5-6/h4-8,12-13H,9-10H2,1-3H3,(H,18,23)(H,19,21)(H,20,22);4-8,12-13H,9-10H2,1-3H3,(H,18,21);1-5,9-10H,6-7,13H2;6-7H,4-5H2,1-3H3,(H,11,14)(H,12,13);1-5H,8H2,(H,9,10). The van der Waals surface area contributed by atoms with Crippen LogP contribution in [0.25, 0.3) is 22.9 Å². The highest BCUT2D eigenvalue weighted by atomic mass is 16.6. The van der Waals surface area contributed by atoms with Crippen molar-refractivity contribution in [1.29, 1.82) is 0 Å². The number of carboxylic acid groups (broad SMARTS) is 1. The van der Waals surface area contributed by atoms with Gasteiger partial charge in [-0.15, -0.1) is 20.4 Å². The van der Waals surface area contributed by atoms with E-state index in [9.17, 15) is 33.6 Å². The van der Waals surface area contributed by atoms with E-state index in [4.69, 9.17) is 39.7 Å². The summed E-state index contributed by atoms with van der Waals surface area (Å²) in [6, 6.07) is 37.2. The Labute approximate surface area is 511 Å². The van der Waals surface area contributed by atoms with E-state index in [1.165, 1.54) is 0 Å². The van der Waals surface area contributed by atoms with Crippen molar-refractivity contribution in [3.05, 3.63) is 144 Å². The summed E-state index contributed by atoms with van der Waals surface area (Å²) in [5.41, 5.74) is 13.9. The molecule has 25 heteroatoms. The molecule has 6 amide bonds. The van der Waals surface area contributed by atoms with E-state index in [1.54, 1.807) is 90.1 Å². The SMILES string of the molecule is CC(C)(C)OC(=O)NC1CC(C(=O)NNC(=O)c2ccccc2)C1.CC(C)(C)OC(=O)NC1CC(C(=O)O)C1.CC(C)(C)OC(=O)NC1CC(c2nnc(-c3ccccc3)o2)C1.NC1CC(c2nnc(-c3ccccc3)o2)C1.NNC(=O)c1ccccc1. The Morgan fingerprint density at radius 1 is 0.466 bits per heavy atom. The fourth-order valence-electron chi connectivity index (χ4n) is 8.86. The number of carbonyl (C=O) groups is 7. The summed E-state index contributed by atoms with van der Waals surface area (Å²) in [4.78, 5) is 79.6. The lowest BCUT2D eigenvalue weighted by molar-refractivity contribution is -0.145. The third-order valence-corrected chi connectivity index (χ3v) is 13.6. The fraction of sp³-hybridized carbons (Fsp3) is 0.444. The molecule has 0 unspecified atom stereocenters. The number of nitrogens with one attached hydrogen (secondary N) is 6. The number of benzene rings is 4. The minimum atomic E-state index is -0.794. The lowest BCUT2D eigenvalue weighted by atomic mass is 9.80. The Balaban J connectivity index is 0.000000181. The average Bonchev–Trinajstić information content (AvgIpc) is 1.96. The van der Waals surface area contributed by atoms with Gasteiger partial charge in [0.25, 0.3) is 11.8 Å². The van der Waals surface area contributed by atoms with Crippen molar-refractivity contribution in [2.45, 2.75) is 166 Å². The molecule has 6 aromatic rings. The summed E-state index contributed by atoms with van der Waals surface area (Å²) in [5.74, 6) is 5.70. The van der Waals surface area contributed by atoms with E-state index < -0.39 is 35.0 Å². The molecule has 0 spiro atoms. The van der Waals surface area contributed by atoms with E-state index in [2.05, 4.69) is 47.2 Å². The second-order valence-corrected chi connectivity index (χ2v) is 24.6. The van der Waals surface area contributed by atoms with Crippen LogP contribution >= 0.6 is 0 Å². The van der Waals surface area contributed by atoms with Gasteiger partial charge < -0.3 is 49.8 Å². The number of hydrogen-bond acceptors (Lipinski definition) is 18. The van der Waals surface area contributed by atoms with Crippen LogP contribution in [0.3, 0.4) is 0 Å². The summed E-state index contributed by atoms with van der Waals surface area (Å²) >= 11 is 0. The van der Waals surface area contributed by atoms with Gasteiger partial charge in [-0.1, -0.05) is 72.8 Å². The number of amides is 6. The van der Waals surface area contributed by atoms with Crippen LogP contribution in [0.5, 0.6) is 0 Å². The van der Waals surface area contributed by atoms with Crippen LogP contribution in [0, 0.1) is 11.8 Å². The number of rotatable bonds is 11. The molecule has 2 heterocycles. The van der Waals surface area contributed by atoms with E-state index in [0.717, 1.165) is 42.7 Å². The summed E-state index contributed by atoms with van der Waals surface area (Å²) in [7, 11) is 0. The Morgan fingerprint density at radius 3 is 1.16 bits per heavy atom. The second-order valence-electron chi connectivity index (χ2n) is 24.6. The van der Waals surface area contributed by atoms with E-state index in [1.807, 2.05) is 99.0 Å². The molecule has 11 N–H and O–H groups in total. The highest BCUT2D eigenvalue weighted by Crippen LogP contribution is 2.38. The van der Waals surface area contributed by atoms with Gasteiger partial charge in [0.2, 0.25) is 29.5 Å². The number of nitrogen functional groups attached to an aromatic ring is 1. The van der Waals surface area contributed by atoms with Gasteiger partial charge in [0.1, 0.15) is 16.8 Å². The number of hydrazine groups is 2. The molecule has 25 nitrogen and oxygen atoms in total. The minimum absolute atomic E-state index is 0.0547. The van der Waals surface area contributed by atoms with Crippen LogP contribution in [-0.4, -0.2) is 108 Å². The molecule has 2 aromatic heterocycles. The summed E-state index contributed by atoms with van der Waals surface area (Å²) in [6.45, 7) is 16.3. The first-order valence-corrected chi connectivity index (χ1v) is 29.1. The van der Waals surface area contributed by atoms with Crippen molar-refractivity contribution < 1.29 is 61.7 Å². The van der Waals surface area contributed by atoms with Gasteiger partial charge in [0.05, 0.1) is 5.92 Å². The molecule has 0 aliphatic heterocycles. The zero-order valence-electron chi connectivity index (χ0n) is 51.1. The van der Waals surface area contributed by atoms with Crippen molar-refractivity contribution in [2.24, 2.45) is 23.4 Å². The van der Waals surface area contributed by atoms with Crippen molar-refractivity contribution in [3.63, 3.8) is 0 Å². The maximum Gasteiger partial charge on any atom is 0.407 e. The first-order valence-electron chi connectivity index (χ1n) is 29.1. The van der Waals surface area contributed by atoms with E-state index >= 15 is 0 Å². The molecule has 4 aliphatic rings. The predicted octanol–water partition coefficient (Wildman–Crippen LogP) is 8.86. The number of carbonyl (C=O) groups excluding carboxylic acids is 6. The molecule has 4 saturated carbocycles. The molecule has 0 saturated heterocycles. The van der Waals surface area contributed by atoms with Crippen LogP contribution in [0.2, 0.25) is 0 Å². The monoisotopic (exact) mass is 1210 g/mol. The minimum Gasteiger partial charge on any atom is -0.481 e. The van der Waals surface area contributed by atoms with E-state index in [-0.39, 0.29) is 59.7 Å². The number of nitrogens with zero attached hydrogens (tertiary/aromatic N) is 4. The topological polar surface area (TPSA) is 369 Å². The highest BCUT2D eigenvalue weighted by molar-refractivity contribution is 5.95. The lowest BCUT2D eigenvalue weighted by Gasteiger charge is -2.35. The number of ether oxygens (including phenoxy) is 3. The first-order chi connectivity index (χ1) is 41.6. The van der Waals surface area contributed by atoms with Gasteiger partial charge in [-0.25, -0.2) is 20.2 Å². The van der Waals surface area contributed by atoms with Gasteiger partial charge in [0, 0.05) is 64.2 Å². The van der Waals surface area contributed by atoms with Gasteiger partial charge in [-0.2, -0.15) is 0 Å². The number of hydrogen-bond donors (Lipinski definition) is 9. The molecule has 4 fully saturated rings. The summed E-state index contributed by atoms with van der Waals surface area (Å²) in [5, 5.41) is 33.2. The van der Waals surface area contributed by atoms with Gasteiger partial charge in [-0.05, 0) is 162 Å². The first kappa shape index (κ1) is 67.9. The Morgan fingerprint density at radius 2 is 0.807 bits per heavy atom. The maximum absolute atomic E-state index is 12.0. The largest absolute Gasteiger partial charge is 0.481 e. The molecule has 472 valence electrons. The number of nitrogens with two attached hydrogens (primary N) is 2. The van der Waals surface area contributed by atoms with Gasteiger partial charge in [-0.3, -0.25) is 35.5 Å². The molecule has 0 bridgehead atoms. The van der Waals surface area contributed by atoms with Crippen molar-refractivity contribution in [2.75, 3.05) is 0 Å². The van der Waals surface area contributed by atoms with Crippen LogP contribution < -0.4 is 43.8 Å². The Kier molecular flexibility index (Phi) is 24.2. The van der Waals surface area contributed by atoms with E-state index in [0.29, 0.717) is 66.4 Å². The quantitative estimate of drug-likeness (QED) is 0.0253. The third-order valence-electron chi connectivity index (χ3n) is 13.6. The Bertz CT molecular complexity index is 3200. The number of aliphatic carboxylic acids is 1. The predicted molar refractivity (Wildman–Crippen MR) is 324 cm³/mol. The fourth-order valence-corrected chi connectivity index (χ4v) is 8.86. The van der Waals surface area contributed by atoms with Gasteiger partial charge >= 0.3 is 24.2 Å². The molecule has 4 aromatic carbocycles. The average molecular weight is 1220 g/mol. The molecule has 0 radical (unpaired) electrons. The van der Waals surface area contributed by atoms with Crippen LogP contribution in [0.15, 0.2) is 130 Å². The normalized spacial score (nSPS) is 20.4. The molecule has 0 atom stereocenters. The van der Waals surface area contributed by atoms with Crippen LogP contribution in [0.1, 0.15) is 158 Å². The van der Waals surface area contributed by atoms with Crippen LogP contribution in [-0.2, 0) is 23.8 Å². The number of carboxylic acids is 1. The smallest absolute Gasteiger partial charge is 0.407 e. The summed E-state index contributed by atoms with van der Waals surface area (Å²) < 4.78 is 26.8. The second kappa shape index (κ2) is 31.4. The maximum atomic E-state index is 12.0. The molecule has 10 rings (SSSR count). The lowest BCUT2D eigenvalue weighted by Crippen LogP contribution is -2.53.